The number of rotatable bonds is 1. The lowest BCUT2D eigenvalue weighted by Gasteiger charge is -2.04. The van der Waals surface area contributed by atoms with Gasteiger partial charge in [0.15, 0.2) is 0 Å². The zero-order valence-electron chi connectivity index (χ0n) is 7.54. The molecule has 1 unspecified atom stereocenters. The summed E-state index contributed by atoms with van der Waals surface area (Å²) in [4.78, 5) is 8.71. The molecule has 2 aromatic rings. The van der Waals surface area contributed by atoms with Crippen LogP contribution >= 0.6 is 27.5 Å². The molecule has 14 heavy (non-hydrogen) atoms. The first-order valence-corrected chi connectivity index (χ1v) is 5.52. The molecule has 0 spiro atoms. The highest BCUT2D eigenvalue weighted by Gasteiger charge is 2.04. The Balaban J connectivity index is 2.63. The minimum absolute atomic E-state index is 0.249. The fraction of sp³-hybridized carbons (Fsp3) is 0.200. The SMILES string of the molecule is CC(Br)c1ccc2cnc(Cl)cc2n1. The molecule has 2 rings (SSSR count). The van der Waals surface area contributed by atoms with Gasteiger partial charge in [-0.05, 0) is 19.1 Å². The van der Waals surface area contributed by atoms with E-state index in [1.54, 1.807) is 12.3 Å². The van der Waals surface area contributed by atoms with Gasteiger partial charge in [0.2, 0.25) is 0 Å². The Kier molecular flexibility index (Phi) is 2.70. The van der Waals surface area contributed by atoms with Crippen molar-refractivity contribution in [3.8, 4) is 0 Å². The monoisotopic (exact) mass is 270 g/mol. The topological polar surface area (TPSA) is 25.8 Å². The summed E-state index contributed by atoms with van der Waals surface area (Å²) in [5, 5.41) is 1.48. The number of halogens is 2. The lowest BCUT2D eigenvalue weighted by Crippen LogP contribution is -1.90. The van der Waals surface area contributed by atoms with E-state index >= 15 is 0 Å². The molecular weight excluding hydrogens is 263 g/mol. The third-order valence-corrected chi connectivity index (χ3v) is 2.65. The molecular formula is C10H8BrClN2. The van der Waals surface area contributed by atoms with Crippen LogP contribution in [0.15, 0.2) is 24.4 Å². The van der Waals surface area contributed by atoms with Crippen LogP contribution in [0.3, 0.4) is 0 Å². The van der Waals surface area contributed by atoms with Gasteiger partial charge in [0.25, 0.3) is 0 Å². The van der Waals surface area contributed by atoms with Crippen molar-refractivity contribution in [1.82, 2.24) is 9.97 Å². The summed E-state index contributed by atoms with van der Waals surface area (Å²) in [6, 6.07) is 5.76. The zero-order valence-corrected chi connectivity index (χ0v) is 9.88. The Hall–Kier alpha value is -0.670. The number of fused-ring (bicyclic) bond motifs is 1. The summed E-state index contributed by atoms with van der Waals surface area (Å²) < 4.78 is 0. The highest BCUT2D eigenvalue weighted by Crippen LogP contribution is 2.22. The van der Waals surface area contributed by atoms with Crippen molar-refractivity contribution in [2.75, 3.05) is 0 Å². The van der Waals surface area contributed by atoms with Crippen molar-refractivity contribution in [3.63, 3.8) is 0 Å². The van der Waals surface area contributed by atoms with Crippen molar-refractivity contribution in [2.24, 2.45) is 0 Å². The van der Waals surface area contributed by atoms with Crippen LogP contribution in [0.5, 0.6) is 0 Å². The molecule has 0 bridgehead atoms. The number of pyridine rings is 2. The van der Waals surface area contributed by atoms with Crippen molar-refractivity contribution >= 4 is 38.4 Å². The van der Waals surface area contributed by atoms with Crippen LogP contribution in [0.2, 0.25) is 5.15 Å². The first kappa shape index (κ1) is 9.87. The number of aromatic nitrogens is 2. The minimum atomic E-state index is 0.249. The molecule has 0 aliphatic heterocycles. The predicted octanol–water partition coefficient (Wildman–Crippen LogP) is 3.74. The van der Waals surface area contributed by atoms with Gasteiger partial charge in [-0.1, -0.05) is 27.5 Å². The van der Waals surface area contributed by atoms with Crippen molar-refractivity contribution in [2.45, 2.75) is 11.8 Å². The summed E-state index contributed by atoms with van der Waals surface area (Å²) >= 11 is 9.26. The Morgan fingerprint density at radius 1 is 1.43 bits per heavy atom. The maximum absolute atomic E-state index is 5.79. The van der Waals surface area contributed by atoms with E-state index in [2.05, 4.69) is 25.9 Å². The molecule has 72 valence electrons. The number of nitrogens with zero attached hydrogens (tertiary/aromatic N) is 2. The number of hydrogen-bond donors (Lipinski definition) is 0. The largest absolute Gasteiger partial charge is 0.251 e. The lowest BCUT2D eigenvalue weighted by molar-refractivity contribution is 1.04. The second-order valence-electron chi connectivity index (χ2n) is 3.05. The summed E-state index contributed by atoms with van der Waals surface area (Å²) in [7, 11) is 0. The van der Waals surface area contributed by atoms with Gasteiger partial charge < -0.3 is 0 Å². The van der Waals surface area contributed by atoms with Crippen molar-refractivity contribution in [3.05, 3.63) is 35.2 Å². The molecule has 2 aromatic heterocycles. The van der Waals surface area contributed by atoms with E-state index in [9.17, 15) is 0 Å². The zero-order chi connectivity index (χ0) is 10.1. The molecule has 0 aliphatic carbocycles. The van der Waals surface area contributed by atoms with Gasteiger partial charge in [-0.15, -0.1) is 0 Å². The molecule has 0 radical (unpaired) electrons. The second-order valence-corrected chi connectivity index (χ2v) is 4.81. The highest BCUT2D eigenvalue weighted by atomic mass is 79.9. The van der Waals surface area contributed by atoms with Crippen LogP contribution < -0.4 is 0 Å². The normalized spacial score (nSPS) is 13.1. The molecule has 0 saturated heterocycles. The molecule has 0 fully saturated rings. The van der Waals surface area contributed by atoms with Crippen molar-refractivity contribution < 1.29 is 0 Å². The molecule has 2 nitrogen and oxygen atoms in total. The van der Waals surface area contributed by atoms with E-state index in [1.165, 1.54) is 0 Å². The molecule has 2 heterocycles. The average molecular weight is 272 g/mol. The van der Waals surface area contributed by atoms with Crippen LogP contribution in [-0.2, 0) is 0 Å². The van der Waals surface area contributed by atoms with Crippen LogP contribution in [-0.4, -0.2) is 9.97 Å². The van der Waals surface area contributed by atoms with Gasteiger partial charge >= 0.3 is 0 Å². The summed E-state index contributed by atoms with van der Waals surface area (Å²) in [6.07, 6.45) is 1.73. The Morgan fingerprint density at radius 2 is 2.21 bits per heavy atom. The van der Waals surface area contributed by atoms with E-state index in [-0.39, 0.29) is 4.83 Å². The predicted molar refractivity (Wildman–Crippen MR) is 61.9 cm³/mol. The van der Waals surface area contributed by atoms with Crippen LogP contribution in [0.1, 0.15) is 17.4 Å². The molecule has 0 saturated carbocycles. The Morgan fingerprint density at radius 3 is 2.93 bits per heavy atom. The third-order valence-electron chi connectivity index (χ3n) is 1.97. The Bertz CT molecular complexity index is 471. The smallest absolute Gasteiger partial charge is 0.131 e. The molecule has 1 atom stereocenters. The van der Waals surface area contributed by atoms with Gasteiger partial charge in [-0.2, -0.15) is 0 Å². The van der Waals surface area contributed by atoms with E-state index < -0.39 is 0 Å². The first-order chi connectivity index (χ1) is 6.66. The van der Waals surface area contributed by atoms with Crippen molar-refractivity contribution in [1.29, 1.82) is 0 Å². The fourth-order valence-corrected chi connectivity index (χ4v) is 1.64. The summed E-state index contributed by atoms with van der Waals surface area (Å²) in [5.74, 6) is 0. The Labute approximate surface area is 95.5 Å². The van der Waals surface area contributed by atoms with Crippen LogP contribution in [0.25, 0.3) is 10.9 Å². The molecule has 0 aliphatic rings. The van der Waals surface area contributed by atoms with Gasteiger partial charge in [-0.3, -0.25) is 4.98 Å². The summed E-state index contributed by atoms with van der Waals surface area (Å²) in [6.45, 7) is 2.04. The molecule has 0 aromatic carbocycles. The maximum atomic E-state index is 5.79. The maximum Gasteiger partial charge on any atom is 0.131 e. The highest BCUT2D eigenvalue weighted by molar-refractivity contribution is 9.09. The average Bonchev–Trinajstić information content (AvgIpc) is 2.16. The quantitative estimate of drug-likeness (QED) is 0.583. The van der Waals surface area contributed by atoms with E-state index in [1.807, 2.05) is 19.1 Å². The van der Waals surface area contributed by atoms with Gasteiger partial charge in [0, 0.05) is 17.6 Å². The molecule has 0 amide bonds. The summed E-state index contributed by atoms with van der Waals surface area (Å²) in [5.41, 5.74) is 1.88. The molecule has 4 heteroatoms. The molecule has 0 N–H and O–H groups in total. The minimum Gasteiger partial charge on any atom is -0.251 e. The number of hydrogen-bond acceptors (Lipinski definition) is 2. The van der Waals surface area contributed by atoms with Crippen LogP contribution in [0, 0.1) is 0 Å². The first-order valence-electron chi connectivity index (χ1n) is 4.23. The van der Waals surface area contributed by atoms with E-state index in [0.717, 1.165) is 16.6 Å². The third kappa shape index (κ3) is 1.88. The fourth-order valence-electron chi connectivity index (χ4n) is 1.23. The van der Waals surface area contributed by atoms with E-state index in [0.29, 0.717) is 5.15 Å². The number of alkyl halides is 1. The van der Waals surface area contributed by atoms with Gasteiger partial charge in [-0.25, -0.2) is 4.98 Å². The van der Waals surface area contributed by atoms with Gasteiger partial charge in [0.1, 0.15) is 5.15 Å². The lowest BCUT2D eigenvalue weighted by atomic mass is 10.2. The van der Waals surface area contributed by atoms with E-state index in [4.69, 9.17) is 11.6 Å². The van der Waals surface area contributed by atoms with Gasteiger partial charge in [0.05, 0.1) is 16.0 Å². The standard InChI is InChI=1S/C10H8BrClN2/c1-6(11)8-3-2-7-5-13-10(12)4-9(7)14-8/h2-6H,1H3. The second kappa shape index (κ2) is 3.83. The van der Waals surface area contributed by atoms with Crippen LogP contribution in [0.4, 0.5) is 0 Å².